The highest BCUT2D eigenvalue weighted by molar-refractivity contribution is 5.94. The first kappa shape index (κ1) is 22.3. The van der Waals surface area contributed by atoms with Crippen LogP contribution in [0.3, 0.4) is 0 Å². The molecular weight excluding hydrogens is 426 g/mol. The Morgan fingerprint density at radius 1 is 1.15 bits per heavy atom. The van der Waals surface area contributed by atoms with Crippen molar-refractivity contribution in [2.45, 2.75) is 58.4 Å². The van der Waals surface area contributed by atoms with Crippen molar-refractivity contribution in [2.75, 3.05) is 6.54 Å². The highest BCUT2D eigenvalue weighted by atomic mass is 16.5. The highest BCUT2D eigenvalue weighted by Gasteiger charge is 2.17. The maximum absolute atomic E-state index is 12.4. The van der Waals surface area contributed by atoms with Crippen LogP contribution < -0.4 is 5.32 Å². The van der Waals surface area contributed by atoms with E-state index in [0.29, 0.717) is 30.4 Å². The van der Waals surface area contributed by atoms with Crippen molar-refractivity contribution in [1.29, 1.82) is 0 Å². The zero-order valence-corrected chi connectivity index (χ0v) is 19.7. The molecular formula is C27H31N5O2. The van der Waals surface area contributed by atoms with Gasteiger partial charge >= 0.3 is 0 Å². The maximum Gasteiger partial charge on any atom is 0.251 e. The lowest BCUT2D eigenvalue weighted by atomic mass is 10.0. The molecule has 0 radical (unpaired) electrons. The summed E-state index contributed by atoms with van der Waals surface area (Å²) in [7, 11) is 0. The van der Waals surface area contributed by atoms with Gasteiger partial charge in [0.15, 0.2) is 0 Å². The molecule has 7 nitrogen and oxygen atoms in total. The van der Waals surface area contributed by atoms with Crippen LogP contribution in [0, 0.1) is 5.92 Å². The maximum atomic E-state index is 12.4. The molecule has 176 valence electrons. The molecule has 0 unspecified atom stereocenters. The van der Waals surface area contributed by atoms with Crippen LogP contribution in [0.25, 0.3) is 22.4 Å². The van der Waals surface area contributed by atoms with Gasteiger partial charge in [0.2, 0.25) is 11.7 Å². The molecule has 0 saturated heterocycles. The van der Waals surface area contributed by atoms with Crippen LogP contribution in [0.1, 0.15) is 60.8 Å². The molecule has 2 aromatic heterocycles. The van der Waals surface area contributed by atoms with Crippen molar-refractivity contribution in [3.8, 4) is 11.4 Å². The van der Waals surface area contributed by atoms with Gasteiger partial charge in [0.05, 0.1) is 17.4 Å². The second kappa shape index (κ2) is 10.2. The van der Waals surface area contributed by atoms with Gasteiger partial charge in [-0.1, -0.05) is 49.9 Å². The molecule has 0 bridgehead atoms. The lowest BCUT2D eigenvalue weighted by Gasteiger charge is -2.08. The Bertz CT molecular complexity index is 1250. The summed E-state index contributed by atoms with van der Waals surface area (Å²) >= 11 is 0. The van der Waals surface area contributed by atoms with Gasteiger partial charge in [-0.25, -0.2) is 4.98 Å². The molecule has 0 spiro atoms. The molecule has 4 aromatic rings. The zero-order chi connectivity index (χ0) is 23.3. The summed E-state index contributed by atoms with van der Waals surface area (Å²) in [5.41, 5.74) is 4.69. The number of aryl methyl sites for hydroxylation is 2. The van der Waals surface area contributed by atoms with E-state index >= 15 is 0 Å². The van der Waals surface area contributed by atoms with E-state index in [2.05, 4.69) is 27.4 Å². The number of benzene rings is 2. The van der Waals surface area contributed by atoms with Gasteiger partial charge in [0.1, 0.15) is 0 Å². The van der Waals surface area contributed by atoms with E-state index in [0.717, 1.165) is 41.8 Å². The van der Waals surface area contributed by atoms with Crippen LogP contribution in [0.4, 0.5) is 0 Å². The van der Waals surface area contributed by atoms with E-state index in [1.807, 2.05) is 47.0 Å². The first-order chi connectivity index (χ1) is 16.7. The third kappa shape index (κ3) is 5.03. The summed E-state index contributed by atoms with van der Waals surface area (Å²) in [4.78, 5) is 21.5. The van der Waals surface area contributed by atoms with E-state index in [1.165, 1.54) is 31.2 Å². The molecule has 0 aliphatic heterocycles. The number of fused-ring (bicyclic) bond motifs is 1. The summed E-state index contributed by atoms with van der Waals surface area (Å²) < 4.78 is 7.54. The van der Waals surface area contributed by atoms with Gasteiger partial charge < -0.3 is 14.4 Å². The van der Waals surface area contributed by atoms with E-state index in [1.54, 1.807) is 6.33 Å². The van der Waals surface area contributed by atoms with E-state index in [4.69, 9.17) is 4.52 Å². The summed E-state index contributed by atoms with van der Waals surface area (Å²) in [5, 5.41) is 7.18. The molecule has 1 aliphatic rings. The monoisotopic (exact) mass is 457 g/mol. The zero-order valence-electron chi connectivity index (χ0n) is 19.7. The molecule has 1 N–H and O–H groups in total. The van der Waals surface area contributed by atoms with Crippen LogP contribution in [-0.4, -0.2) is 32.1 Å². The van der Waals surface area contributed by atoms with E-state index in [-0.39, 0.29) is 5.91 Å². The smallest absolute Gasteiger partial charge is 0.251 e. The number of carbonyl (C=O) groups excluding carboxylic acids is 1. The third-order valence-electron chi connectivity index (χ3n) is 6.85. The van der Waals surface area contributed by atoms with E-state index in [9.17, 15) is 4.79 Å². The molecule has 34 heavy (non-hydrogen) atoms. The molecule has 1 saturated carbocycles. The number of aromatic nitrogens is 4. The lowest BCUT2D eigenvalue weighted by Crippen LogP contribution is -2.27. The number of nitrogens with one attached hydrogen (secondary N) is 1. The number of rotatable bonds is 9. The van der Waals surface area contributed by atoms with Crippen LogP contribution in [0.2, 0.25) is 0 Å². The van der Waals surface area contributed by atoms with Crippen LogP contribution in [-0.2, 0) is 19.4 Å². The fourth-order valence-electron chi connectivity index (χ4n) is 4.77. The molecule has 1 amide bonds. The van der Waals surface area contributed by atoms with Crippen LogP contribution >= 0.6 is 0 Å². The first-order valence-electron chi connectivity index (χ1n) is 12.3. The number of amides is 1. The minimum absolute atomic E-state index is 0.0600. The minimum atomic E-state index is -0.0600. The first-order valence-corrected chi connectivity index (χ1v) is 12.3. The Kier molecular flexibility index (Phi) is 6.70. The summed E-state index contributed by atoms with van der Waals surface area (Å²) in [6.07, 6.45) is 10.1. The van der Waals surface area contributed by atoms with E-state index < -0.39 is 0 Å². The average Bonchev–Trinajstić information content (AvgIpc) is 3.64. The van der Waals surface area contributed by atoms with Crippen molar-refractivity contribution < 1.29 is 9.32 Å². The lowest BCUT2D eigenvalue weighted by molar-refractivity contribution is 0.0952. The molecule has 1 fully saturated rings. The van der Waals surface area contributed by atoms with Gasteiger partial charge in [-0.05, 0) is 54.7 Å². The van der Waals surface area contributed by atoms with Crippen molar-refractivity contribution in [3.63, 3.8) is 0 Å². The second-order valence-corrected chi connectivity index (χ2v) is 9.15. The standard InChI is InChI=1S/C27H31N5O2/c1-2-19-7-10-21(11-8-19)27(33)28-15-16-32-18-29-23-17-22(12-13-24(23)32)26-30-25(34-31-26)14-9-20-5-3-4-6-20/h7-8,10-13,17-18,20H,2-6,9,14-16H2,1H3,(H,28,33). The molecule has 7 heteroatoms. The molecule has 0 atom stereocenters. The third-order valence-corrected chi connectivity index (χ3v) is 6.85. The van der Waals surface area contributed by atoms with Gasteiger partial charge in [-0.2, -0.15) is 4.98 Å². The number of hydrogen-bond donors (Lipinski definition) is 1. The SMILES string of the molecule is CCc1ccc(C(=O)NCCn2cnc3cc(-c4noc(CCC5CCCC5)n4)ccc32)cc1. The van der Waals surface area contributed by atoms with Crippen molar-refractivity contribution >= 4 is 16.9 Å². The minimum Gasteiger partial charge on any atom is -0.350 e. The van der Waals surface area contributed by atoms with Crippen molar-refractivity contribution in [3.05, 3.63) is 65.8 Å². The predicted molar refractivity (Wildman–Crippen MR) is 131 cm³/mol. The van der Waals surface area contributed by atoms with Crippen molar-refractivity contribution in [1.82, 2.24) is 25.0 Å². The summed E-state index contributed by atoms with van der Waals surface area (Å²) in [6.45, 7) is 3.27. The average molecular weight is 458 g/mol. The largest absolute Gasteiger partial charge is 0.350 e. The second-order valence-electron chi connectivity index (χ2n) is 9.15. The Balaban J connectivity index is 1.18. The van der Waals surface area contributed by atoms with Gasteiger partial charge in [-0.15, -0.1) is 0 Å². The number of imidazole rings is 1. The van der Waals surface area contributed by atoms with Crippen LogP contribution in [0.15, 0.2) is 53.3 Å². The number of nitrogens with zero attached hydrogens (tertiary/aromatic N) is 4. The molecule has 5 rings (SSSR count). The molecule has 2 aromatic carbocycles. The summed E-state index contributed by atoms with van der Waals surface area (Å²) in [5.74, 6) is 2.07. The normalized spacial score (nSPS) is 14.1. The van der Waals surface area contributed by atoms with Gasteiger partial charge in [0, 0.05) is 30.6 Å². The van der Waals surface area contributed by atoms with Gasteiger partial charge in [0.25, 0.3) is 5.91 Å². The van der Waals surface area contributed by atoms with Crippen molar-refractivity contribution in [2.24, 2.45) is 5.92 Å². The van der Waals surface area contributed by atoms with Crippen LogP contribution in [0.5, 0.6) is 0 Å². The fourth-order valence-corrected chi connectivity index (χ4v) is 4.77. The Morgan fingerprint density at radius 2 is 1.97 bits per heavy atom. The summed E-state index contributed by atoms with van der Waals surface area (Å²) in [6, 6.07) is 13.8. The predicted octanol–water partition coefficient (Wildman–Crippen LogP) is 5.20. The molecule has 1 aliphatic carbocycles. The topological polar surface area (TPSA) is 85.8 Å². The number of hydrogen-bond acceptors (Lipinski definition) is 5. The quantitative estimate of drug-likeness (QED) is 0.373. The highest BCUT2D eigenvalue weighted by Crippen LogP contribution is 2.29. The number of carbonyl (C=O) groups is 1. The Hall–Kier alpha value is -3.48. The Labute approximate surface area is 199 Å². The van der Waals surface area contributed by atoms with Gasteiger partial charge in [-0.3, -0.25) is 4.79 Å². The Morgan fingerprint density at radius 3 is 2.76 bits per heavy atom. The fraction of sp³-hybridized carbons (Fsp3) is 0.407. The molecule has 2 heterocycles.